The van der Waals surface area contributed by atoms with Gasteiger partial charge in [-0.15, -0.1) is 0 Å². The van der Waals surface area contributed by atoms with Gasteiger partial charge >= 0.3 is 17.5 Å². The van der Waals surface area contributed by atoms with Crippen molar-refractivity contribution >= 4 is 29.6 Å². The Morgan fingerprint density at radius 1 is 0.792 bits per heavy atom. The van der Waals surface area contributed by atoms with E-state index in [9.17, 15) is 33.6 Å². The van der Waals surface area contributed by atoms with Crippen LogP contribution in [0.1, 0.15) is 33.6 Å². The van der Waals surface area contributed by atoms with E-state index < -0.39 is 60.2 Å². The van der Waals surface area contributed by atoms with Crippen LogP contribution < -0.4 is 27.6 Å². The summed E-state index contributed by atoms with van der Waals surface area (Å²) in [6.07, 6.45) is 0.417. The quantitative estimate of drug-likeness (QED) is 0.0933. The number of aromatic amines is 2. The molecule has 6 N–H and O–H groups in total. The van der Waals surface area contributed by atoms with E-state index in [0.717, 1.165) is 5.01 Å². The number of hydrogen-bond donors (Lipinski definition) is 6. The summed E-state index contributed by atoms with van der Waals surface area (Å²) in [5.74, 6) is -4.36. The molecular weight excluding hydrogens is 634 g/mol. The van der Waals surface area contributed by atoms with Gasteiger partial charge in [-0.2, -0.15) is 20.3 Å². The lowest BCUT2D eigenvalue weighted by Gasteiger charge is -2.40. The van der Waals surface area contributed by atoms with Crippen LogP contribution in [-0.2, 0) is 14.4 Å². The standard InChI is InChI=1S/C29H29N9O10/c39-21(14-31-26(43)19-9-5-17(6-10-19)24-34-29(46)48-36-24)37-12-13-38(32-15-22(40)41)27(44)20(37)2-1-11-30-25(42)18-7-3-16(4-8-18)23-33-28(45)47-35-23/h3-10,20,32H,1-2,11-15H2,(H,30,42)(H,31,43)(H,40,41)(H,33,35,45)(H,34,36,46)/t20-/m0/s1. The van der Waals surface area contributed by atoms with Crippen molar-refractivity contribution < 1.29 is 38.1 Å². The molecule has 1 aliphatic heterocycles. The normalized spacial score (nSPS) is 14.5. The molecule has 1 fully saturated rings. The van der Waals surface area contributed by atoms with Crippen molar-refractivity contribution in [2.45, 2.75) is 18.9 Å². The number of carboxylic acid groups (broad SMARTS) is 1. The van der Waals surface area contributed by atoms with Gasteiger partial charge in [-0.25, -0.2) is 15.0 Å². The molecule has 1 saturated heterocycles. The molecule has 0 radical (unpaired) electrons. The first kappa shape index (κ1) is 33.0. The van der Waals surface area contributed by atoms with E-state index in [1.807, 2.05) is 0 Å². The number of H-pyrrole nitrogens is 2. The van der Waals surface area contributed by atoms with Crippen LogP contribution in [0.2, 0.25) is 0 Å². The maximum absolute atomic E-state index is 13.3. The molecule has 2 aromatic heterocycles. The predicted octanol–water partition coefficient (Wildman–Crippen LogP) is -1.06. The van der Waals surface area contributed by atoms with Crippen molar-refractivity contribution in [2.24, 2.45) is 0 Å². The molecule has 48 heavy (non-hydrogen) atoms. The number of carboxylic acids is 1. The molecule has 5 rings (SSSR count). The molecule has 0 unspecified atom stereocenters. The number of aromatic nitrogens is 4. The van der Waals surface area contributed by atoms with Crippen molar-refractivity contribution in [3.63, 3.8) is 0 Å². The fraction of sp³-hybridized carbons (Fsp3) is 0.276. The Bertz CT molecular complexity index is 1910. The summed E-state index contributed by atoms with van der Waals surface area (Å²) in [4.78, 5) is 93.9. The fourth-order valence-electron chi connectivity index (χ4n) is 4.91. The first-order valence-corrected chi connectivity index (χ1v) is 14.5. The zero-order valence-electron chi connectivity index (χ0n) is 25.1. The lowest BCUT2D eigenvalue weighted by Crippen LogP contribution is -2.63. The van der Waals surface area contributed by atoms with Crippen LogP contribution in [0.3, 0.4) is 0 Å². The van der Waals surface area contributed by atoms with Gasteiger partial charge in [-0.05, 0) is 37.1 Å². The molecule has 0 aliphatic carbocycles. The smallest absolute Gasteiger partial charge is 0.460 e. The van der Waals surface area contributed by atoms with Crippen LogP contribution in [0.15, 0.2) is 67.2 Å². The van der Waals surface area contributed by atoms with Gasteiger partial charge in [-0.1, -0.05) is 24.3 Å². The minimum absolute atomic E-state index is 0.0167. The predicted molar refractivity (Wildman–Crippen MR) is 162 cm³/mol. The van der Waals surface area contributed by atoms with Gasteiger partial charge < -0.3 is 29.7 Å². The highest BCUT2D eigenvalue weighted by molar-refractivity contribution is 5.97. The van der Waals surface area contributed by atoms with Crippen molar-refractivity contribution in [3.05, 3.63) is 80.8 Å². The lowest BCUT2D eigenvalue weighted by molar-refractivity contribution is -0.155. The summed E-state index contributed by atoms with van der Waals surface area (Å²) in [5.41, 5.74) is 4.14. The summed E-state index contributed by atoms with van der Waals surface area (Å²) < 4.78 is 9.09. The molecule has 0 saturated carbocycles. The molecule has 0 bridgehead atoms. The Morgan fingerprint density at radius 3 is 1.83 bits per heavy atom. The maximum atomic E-state index is 13.3. The number of hydrogen-bond acceptors (Lipinski definition) is 12. The molecule has 0 spiro atoms. The second-order valence-electron chi connectivity index (χ2n) is 10.4. The molecule has 4 aromatic rings. The Kier molecular flexibility index (Phi) is 10.2. The number of carbonyl (C=O) groups excluding carboxylic acids is 4. The van der Waals surface area contributed by atoms with Gasteiger partial charge in [0.2, 0.25) is 5.91 Å². The molecule has 19 nitrogen and oxygen atoms in total. The molecule has 250 valence electrons. The number of aliphatic carboxylic acids is 1. The average Bonchev–Trinajstić information content (AvgIpc) is 3.73. The first-order valence-electron chi connectivity index (χ1n) is 14.5. The number of piperazine rings is 1. The monoisotopic (exact) mass is 663 g/mol. The number of benzene rings is 2. The van der Waals surface area contributed by atoms with Gasteiger partial charge in [0, 0.05) is 35.3 Å². The summed E-state index contributed by atoms with van der Waals surface area (Å²) in [6.45, 7) is -0.685. The van der Waals surface area contributed by atoms with E-state index in [4.69, 9.17) is 5.11 Å². The molecule has 3 heterocycles. The highest BCUT2D eigenvalue weighted by Crippen LogP contribution is 2.17. The van der Waals surface area contributed by atoms with Gasteiger partial charge in [-0.3, -0.25) is 29.0 Å². The third kappa shape index (κ3) is 8.07. The van der Waals surface area contributed by atoms with Gasteiger partial charge in [0.1, 0.15) is 12.6 Å². The van der Waals surface area contributed by atoms with Crippen LogP contribution in [0.4, 0.5) is 0 Å². The van der Waals surface area contributed by atoms with Crippen molar-refractivity contribution in [2.75, 3.05) is 32.7 Å². The number of carbonyl (C=O) groups is 5. The molecule has 2 aromatic carbocycles. The number of hydrazine groups is 1. The second-order valence-corrected chi connectivity index (χ2v) is 10.4. The molecule has 4 amide bonds. The van der Waals surface area contributed by atoms with Crippen molar-refractivity contribution in [1.82, 2.24) is 46.2 Å². The van der Waals surface area contributed by atoms with E-state index in [-0.39, 0.29) is 49.7 Å². The van der Waals surface area contributed by atoms with E-state index in [2.05, 4.69) is 45.4 Å². The highest BCUT2D eigenvalue weighted by Gasteiger charge is 2.37. The topological polar surface area (TPSA) is 266 Å². The van der Waals surface area contributed by atoms with E-state index in [0.29, 0.717) is 16.7 Å². The first-order chi connectivity index (χ1) is 23.1. The third-order valence-electron chi connectivity index (χ3n) is 7.29. The fourth-order valence-corrected chi connectivity index (χ4v) is 4.91. The summed E-state index contributed by atoms with van der Waals surface area (Å²) in [5, 5.41) is 20.2. The second kappa shape index (κ2) is 14.8. The minimum atomic E-state index is -1.17. The van der Waals surface area contributed by atoms with Crippen LogP contribution in [0, 0.1) is 0 Å². The molecule has 1 atom stereocenters. The molecular formula is C29H29N9O10. The van der Waals surface area contributed by atoms with E-state index in [1.54, 1.807) is 12.1 Å². The molecule has 1 aliphatic rings. The summed E-state index contributed by atoms with van der Waals surface area (Å²) in [6, 6.07) is 11.3. The Morgan fingerprint density at radius 2 is 1.33 bits per heavy atom. The third-order valence-corrected chi connectivity index (χ3v) is 7.29. The molecule has 19 heteroatoms. The van der Waals surface area contributed by atoms with Gasteiger partial charge in [0.05, 0.1) is 13.1 Å². The SMILES string of the molecule is O=C(O)CNN1CCN(C(=O)CNC(=O)c2ccc(-c3nc(=O)o[nH]3)cc2)[C@@H](CCCNC(=O)c2ccc(-c3nc(=O)o[nH]3)cc2)C1=O. The largest absolute Gasteiger partial charge is 0.480 e. The Labute approximate surface area is 269 Å². The van der Waals surface area contributed by atoms with E-state index in [1.165, 1.54) is 41.3 Å². The minimum Gasteiger partial charge on any atom is -0.480 e. The number of nitrogens with zero attached hydrogens (tertiary/aromatic N) is 4. The highest BCUT2D eigenvalue weighted by atomic mass is 16.5. The average molecular weight is 664 g/mol. The summed E-state index contributed by atoms with van der Waals surface area (Å²) in [7, 11) is 0. The van der Waals surface area contributed by atoms with Crippen LogP contribution in [0.25, 0.3) is 22.8 Å². The lowest BCUT2D eigenvalue weighted by atomic mass is 10.1. The maximum Gasteiger partial charge on any atom is 0.460 e. The zero-order chi connectivity index (χ0) is 34.2. The van der Waals surface area contributed by atoms with Crippen molar-refractivity contribution in [1.29, 1.82) is 0 Å². The van der Waals surface area contributed by atoms with Crippen molar-refractivity contribution in [3.8, 4) is 22.8 Å². The summed E-state index contributed by atoms with van der Waals surface area (Å²) >= 11 is 0. The van der Waals surface area contributed by atoms with E-state index >= 15 is 0 Å². The van der Waals surface area contributed by atoms with Crippen LogP contribution in [-0.4, -0.2) is 104 Å². The van der Waals surface area contributed by atoms with Crippen LogP contribution in [0.5, 0.6) is 0 Å². The Balaban J connectivity index is 1.16. The Hall–Kier alpha value is -6.37. The number of nitrogens with one attached hydrogen (secondary N) is 5. The number of rotatable bonds is 13. The van der Waals surface area contributed by atoms with Crippen LogP contribution >= 0.6 is 0 Å². The zero-order valence-corrected chi connectivity index (χ0v) is 25.1. The van der Waals surface area contributed by atoms with Gasteiger partial charge in [0.25, 0.3) is 17.7 Å². The van der Waals surface area contributed by atoms with Gasteiger partial charge in [0.15, 0.2) is 11.6 Å². The number of amides is 4.